The molecule has 26 heavy (non-hydrogen) atoms. The summed E-state index contributed by atoms with van der Waals surface area (Å²) >= 11 is 0. The highest BCUT2D eigenvalue weighted by Crippen LogP contribution is 2.57. The fourth-order valence-electron chi connectivity index (χ4n) is 6.59. The normalized spacial score (nSPS) is 37.7. The molecule has 6 rings (SSSR count). The van der Waals surface area contributed by atoms with Crippen molar-refractivity contribution in [3.8, 4) is 5.75 Å². The average molecular weight is 354 g/mol. The first-order chi connectivity index (χ1) is 12.5. The molecule has 4 bridgehead atoms. The number of nitrogens with zero attached hydrogens (tertiary/aromatic N) is 2. The SMILES string of the molecule is COc1ccccc1CN1N(C2C3CC4CC(C3)CC2C4)C(=O)C1(C)C. The zero-order chi connectivity index (χ0) is 18.1. The van der Waals surface area contributed by atoms with Gasteiger partial charge in [0.05, 0.1) is 13.2 Å². The van der Waals surface area contributed by atoms with Gasteiger partial charge in [-0.05, 0) is 75.7 Å². The van der Waals surface area contributed by atoms with Gasteiger partial charge >= 0.3 is 0 Å². The number of carbonyl (C=O) groups is 1. The van der Waals surface area contributed by atoms with Crippen LogP contribution in [-0.2, 0) is 11.3 Å². The van der Waals surface area contributed by atoms with Crippen molar-refractivity contribution in [2.45, 2.75) is 64.1 Å². The van der Waals surface area contributed by atoms with E-state index in [9.17, 15) is 4.79 Å². The second-order valence-corrected chi connectivity index (χ2v) is 9.50. The number of amides is 1. The Morgan fingerprint density at radius 2 is 1.65 bits per heavy atom. The summed E-state index contributed by atoms with van der Waals surface area (Å²) in [4.78, 5) is 13.1. The lowest BCUT2D eigenvalue weighted by molar-refractivity contribution is -0.251. The van der Waals surface area contributed by atoms with Crippen LogP contribution in [0.1, 0.15) is 51.5 Å². The van der Waals surface area contributed by atoms with E-state index in [2.05, 4.69) is 36.0 Å². The molecule has 140 valence electrons. The number of para-hydroxylation sites is 1. The minimum atomic E-state index is -0.421. The maximum Gasteiger partial charge on any atom is 0.258 e. The summed E-state index contributed by atoms with van der Waals surface area (Å²) < 4.78 is 5.55. The van der Waals surface area contributed by atoms with Gasteiger partial charge in [0.1, 0.15) is 11.3 Å². The number of carbonyl (C=O) groups excluding carboxylic acids is 1. The molecule has 0 atom stereocenters. The molecular weight excluding hydrogens is 324 g/mol. The predicted molar refractivity (Wildman–Crippen MR) is 100 cm³/mol. The molecule has 0 unspecified atom stereocenters. The molecule has 1 aliphatic heterocycles. The first-order valence-corrected chi connectivity index (χ1v) is 10.2. The fourth-order valence-corrected chi connectivity index (χ4v) is 6.59. The third-order valence-corrected chi connectivity index (χ3v) is 7.61. The predicted octanol–water partition coefficient (Wildman–Crippen LogP) is 3.86. The summed E-state index contributed by atoms with van der Waals surface area (Å²) in [6.07, 6.45) is 6.80. The summed E-state index contributed by atoms with van der Waals surface area (Å²) in [5, 5.41) is 4.49. The van der Waals surface area contributed by atoms with Crippen LogP contribution in [0.25, 0.3) is 0 Å². The summed E-state index contributed by atoms with van der Waals surface area (Å²) in [6, 6.07) is 8.62. The van der Waals surface area contributed by atoms with Crippen molar-refractivity contribution < 1.29 is 9.53 Å². The Balaban J connectivity index is 1.43. The summed E-state index contributed by atoms with van der Waals surface area (Å²) in [5.41, 5.74) is 0.736. The Bertz CT molecular complexity index is 701. The Hall–Kier alpha value is -1.55. The molecule has 1 aromatic rings. The molecule has 0 aromatic heterocycles. The smallest absolute Gasteiger partial charge is 0.258 e. The number of benzene rings is 1. The molecule has 4 saturated carbocycles. The van der Waals surface area contributed by atoms with Gasteiger partial charge in [-0.25, -0.2) is 0 Å². The van der Waals surface area contributed by atoms with Crippen LogP contribution >= 0.6 is 0 Å². The van der Waals surface area contributed by atoms with Gasteiger partial charge < -0.3 is 4.74 Å². The lowest BCUT2D eigenvalue weighted by Crippen LogP contribution is -2.79. The fraction of sp³-hybridized carbons (Fsp3) is 0.682. The highest BCUT2D eigenvalue weighted by Gasteiger charge is 2.60. The molecule has 5 fully saturated rings. The van der Waals surface area contributed by atoms with Gasteiger partial charge in [0.2, 0.25) is 0 Å². The first-order valence-electron chi connectivity index (χ1n) is 10.2. The summed E-state index contributed by atoms with van der Waals surface area (Å²) in [5.74, 6) is 4.51. The topological polar surface area (TPSA) is 32.8 Å². The maximum absolute atomic E-state index is 13.1. The van der Waals surface area contributed by atoms with Gasteiger partial charge in [0.25, 0.3) is 5.91 Å². The second kappa shape index (κ2) is 5.72. The third-order valence-electron chi connectivity index (χ3n) is 7.61. The highest BCUT2D eigenvalue weighted by atomic mass is 16.5. The molecule has 0 N–H and O–H groups in total. The largest absolute Gasteiger partial charge is 0.496 e. The molecule has 1 saturated heterocycles. The molecule has 4 heteroatoms. The van der Waals surface area contributed by atoms with Crippen molar-refractivity contribution in [1.29, 1.82) is 0 Å². The van der Waals surface area contributed by atoms with E-state index in [1.165, 1.54) is 32.1 Å². The number of hydrazine groups is 1. The molecule has 1 amide bonds. The molecule has 0 spiro atoms. The van der Waals surface area contributed by atoms with Crippen LogP contribution in [0.3, 0.4) is 0 Å². The zero-order valence-corrected chi connectivity index (χ0v) is 16.1. The van der Waals surface area contributed by atoms with E-state index in [0.29, 0.717) is 23.8 Å². The number of ether oxygens (including phenoxy) is 1. The van der Waals surface area contributed by atoms with E-state index >= 15 is 0 Å². The van der Waals surface area contributed by atoms with Gasteiger partial charge in [-0.15, -0.1) is 0 Å². The molecule has 1 heterocycles. The minimum absolute atomic E-state index is 0.310. The van der Waals surface area contributed by atoms with Crippen molar-refractivity contribution in [1.82, 2.24) is 10.0 Å². The van der Waals surface area contributed by atoms with Gasteiger partial charge in [0, 0.05) is 12.1 Å². The minimum Gasteiger partial charge on any atom is -0.496 e. The third kappa shape index (κ3) is 2.27. The molecule has 0 radical (unpaired) electrons. The Morgan fingerprint density at radius 3 is 2.27 bits per heavy atom. The zero-order valence-electron chi connectivity index (χ0n) is 16.1. The van der Waals surface area contributed by atoms with E-state index in [4.69, 9.17) is 4.74 Å². The maximum atomic E-state index is 13.1. The van der Waals surface area contributed by atoms with Crippen molar-refractivity contribution in [3.63, 3.8) is 0 Å². The number of hydrogen-bond acceptors (Lipinski definition) is 3. The van der Waals surface area contributed by atoms with E-state index in [-0.39, 0.29) is 0 Å². The lowest BCUT2D eigenvalue weighted by atomic mass is 9.53. The van der Waals surface area contributed by atoms with Crippen LogP contribution in [0.2, 0.25) is 0 Å². The molecular formula is C22H30N2O2. The standard InChI is InChI=1S/C22H30N2O2/c1-22(2)21(25)24(23(22)13-16-6-4-5-7-19(16)26-3)20-17-9-14-8-15(11-17)12-18(20)10-14/h4-7,14-15,17-18,20H,8-13H2,1-3H3. The van der Waals surface area contributed by atoms with Crippen LogP contribution in [0.5, 0.6) is 5.75 Å². The first kappa shape index (κ1) is 16.6. The van der Waals surface area contributed by atoms with Crippen molar-refractivity contribution in [2.75, 3.05) is 7.11 Å². The molecule has 4 aliphatic carbocycles. The van der Waals surface area contributed by atoms with Crippen LogP contribution in [0.4, 0.5) is 0 Å². The summed E-state index contributed by atoms with van der Waals surface area (Å²) in [6.45, 7) is 4.88. The van der Waals surface area contributed by atoms with Crippen LogP contribution in [0, 0.1) is 23.7 Å². The van der Waals surface area contributed by atoms with Crippen LogP contribution in [-0.4, -0.2) is 34.6 Å². The molecule has 1 aromatic carbocycles. The van der Waals surface area contributed by atoms with Gasteiger partial charge in [-0.2, -0.15) is 5.01 Å². The lowest BCUT2D eigenvalue weighted by Gasteiger charge is -2.65. The van der Waals surface area contributed by atoms with Gasteiger partial charge in [0.15, 0.2) is 0 Å². The van der Waals surface area contributed by atoms with Crippen LogP contribution in [0.15, 0.2) is 24.3 Å². The second-order valence-electron chi connectivity index (χ2n) is 9.50. The van der Waals surface area contributed by atoms with E-state index in [1.807, 2.05) is 12.1 Å². The van der Waals surface area contributed by atoms with Crippen molar-refractivity contribution in [3.05, 3.63) is 29.8 Å². The highest BCUT2D eigenvalue weighted by molar-refractivity contribution is 5.90. The molecule has 4 nitrogen and oxygen atoms in total. The Labute approximate surface area is 156 Å². The van der Waals surface area contributed by atoms with Gasteiger partial charge in [-0.1, -0.05) is 18.2 Å². The molecule has 5 aliphatic rings. The number of methoxy groups -OCH3 is 1. The number of hydrogen-bond donors (Lipinski definition) is 0. The van der Waals surface area contributed by atoms with Crippen molar-refractivity contribution >= 4 is 5.91 Å². The quantitative estimate of drug-likeness (QED) is 0.823. The number of rotatable bonds is 4. The van der Waals surface area contributed by atoms with E-state index < -0.39 is 5.54 Å². The van der Waals surface area contributed by atoms with Crippen molar-refractivity contribution in [2.24, 2.45) is 23.7 Å². The van der Waals surface area contributed by atoms with E-state index in [1.54, 1.807) is 7.11 Å². The Kier molecular flexibility index (Phi) is 3.66. The Morgan fingerprint density at radius 1 is 1.04 bits per heavy atom. The summed E-state index contributed by atoms with van der Waals surface area (Å²) in [7, 11) is 1.72. The van der Waals surface area contributed by atoms with Crippen LogP contribution < -0.4 is 4.74 Å². The monoisotopic (exact) mass is 354 g/mol. The van der Waals surface area contributed by atoms with Gasteiger partial charge in [-0.3, -0.25) is 9.80 Å². The average Bonchev–Trinajstić information content (AvgIpc) is 2.62. The van der Waals surface area contributed by atoms with E-state index in [0.717, 1.165) is 29.7 Å².